The van der Waals surface area contributed by atoms with Crippen LogP contribution in [0.5, 0.6) is 0 Å². The van der Waals surface area contributed by atoms with Crippen LogP contribution in [0, 0.1) is 0 Å². The summed E-state index contributed by atoms with van der Waals surface area (Å²) in [4.78, 5) is 12.1. The maximum Gasteiger partial charge on any atom is 0.251 e. The van der Waals surface area contributed by atoms with E-state index in [9.17, 15) is 4.79 Å². The molecule has 3 N–H and O–H groups in total. The molecule has 1 heterocycles. The van der Waals surface area contributed by atoms with Gasteiger partial charge in [0.1, 0.15) is 5.60 Å². The second kappa shape index (κ2) is 5.90. The van der Waals surface area contributed by atoms with Gasteiger partial charge in [-0.15, -0.1) is 0 Å². The van der Waals surface area contributed by atoms with E-state index in [1.165, 1.54) is 0 Å². The van der Waals surface area contributed by atoms with E-state index in [1.54, 1.807) is 25.3 Å². The van der Waals surface area contributed by atoms with Crippen LogP contribution in [0.15, 0.2) is 22.7 Å². The average molecular weight is 329 g/mol. The molecule has 0 radical (unpaired) electrons. The number of amides is 1. The number of anilines is 1. The number of benzene rings is 1. The van der Waals surface area contributed by atoms with Gasteiger partial charge >= 0.3 is 0 Å². The highest BCUT2D eigenvalue weighted by Gasteiger charge is 2.35. The molecule has 1 aliphatic heterocycles. The van der Waals surface area contributed by atoms with Gasteiger partial charge in [0, 0.05) is 42.4 Å². The molecule has 19 heavy (non-hydrogen) atoms. The topological polar surface area (TPSA) is 73.6 Å². The number of ether oxygens (including phenoxy) is 2. The van der Waals surface area contributed by atoms with Gasteiger partial charge in [0.25, 0.3) is 5.91 Å². The minimum atomic E-state index is -0.402. The van der Waals surface area contributed by atoms with Crippen molar-refractivity contribution in [3.05, 3.63) is 28.2 Å². The van der Waals surface area contributed by atoms with Crippen LogP contribution in [0.2, 0.25) is 0 Å². The van der Waals surface area contributed by atoms with Gasteiger partial charge in [-0.05, 0) is 34.1 Å². The standard InChI is InChI=1S/C13H17BrN2O3/c1-18-13(4-5-19-8-13)7-16-12(17)9-2-3-11(15)10(14)6-9/h2-3,6H,4-5,7-8,15H2,1H3,(H,16,17). The fourth-order valence-corrected chi connectivity index (χ4v) is 2.35. The lowest BCUT2D eigenvalue weighted by molar-refractivity contribution is -0.0148. The maximum atomic E-state index is 12.1. The van der Waals surface area contributed by atoms with Gasteiger partial charge in [-0.1, -0.05) is 0 Å². The van der Waals surface area contributed by atoms with E-state index < -0.39 is 5.60 Å². The average Bonchev–Trinajstić information content (AvgIpc) is 2.89. The van der Waals surface area contributed by atoms with Crippen molar-refractivity contribution in [2.24, 2.45) is 0 Å². The summed E-state index contributed by atoms with van der Waals surface area (Å²) >= 11 is 3.31. The molecule has 1 aromatic carbocycles. The van der Waals surface area contributed by atoms with Crippen molar-refractivity contribution < 1.29 is 14.3 Å². The molecule has 1 fully saturated rings. The number of carbonyl (C=O) groups is 1. The first-order valence-corrected chi connectivity index (χ1v) is 6.82. The molecule has 1 saturated heterocycles. The normalized spacial score (nSPS) is 22.4. The second-order valence-corrected chi connectivity index (χ2v) is 5.46. The third-order valence-corrected chi connectivity index (χ3v) is 4.02. The van der Waals surface area contributed by atoms with Crippen molar-refractivity contribution in [2.45, 2.75) is 12.0 Å². The molecule has 0 spiro atoms. The van der Waals surface area contributed by atoms with E-state index in [1.807, 2.05) is 0 Å². The predicted octanol–water partition coefficient (Wildman–Crippen LogP) is 1.57. The monoisotopic (exact) mass is 328 g/mol. The lowest BCUT2D eigenvalue weighted by Gasteiger charge is -2.25. The van der Waals surface area contributed by atoms with Crippen LogP contribution in [0.1, 0.15) is 16.8 Å². The number of hydrogen-bond acceptors (Lipinski definition) is 4. The van der Waals surface area contributed by atoms with Crippen molar-refractivity contribution in [2.75, 3.05) is 32.6 Å². The minimum absolute atomic E-state index is 0.149. The molecule has 1 atom stereocenters. The smallest absolute Gasteiger partial charge is 0.251 e. The predicted molar refractivity (Wildman–Crippen MR) is 76.1 cm³/mol. The summed E-state index contributed by atoms with van der Waals surface area (Å²) in [7, 11) is 1.64. The van der Waals surface area contributed by atoms with Crippen molar-refractivity contribution in [1.82, 2.24) is 5.32 Å². The van der Waals surface area contributed by atoms with Crippen LogP contribution < -0.4 is 11.1 Å². The molecule has 5 nitrogen and oxygen atoms in total. The third kappa shape index (κ3) is 3.26. The maximum absolute atomic E-state index is 12.1. The number of nitrogen functional groups attached to an aromatic ring is 1. The Labute approximate surface area is 120 Å². The number of methoxy groups -OCH3 is 1. The fourth-order valence-electron chi connectivity index (χ4n) is 1.97. The second-order valence-electron chi connectivity index (χ2n) is 4.61. The first-order chi connectivity index (χ1) is 9.06. The van der Waals surface area contributed by atoms with E-state index in [0.717, 1.165) is 6.42 Å². The zero-order valence-corrected chi connectivity index (χ0v) is 12.3. The molecule has 1 unspecified atom stereocenters. The highest BCUT2D eigenvalue weighted by Crippen LogP contribution is 2.22. The molecule has 0 saturated carbocycles. The first-order valence-electron chi connectivity index (χ1n) is 6.02. The number of hydrogen-bond donors (Lipinski definition) is 2. The van der Waals surface area contributed by atoms with Gasteiger partial charge in [0.05, 0.1) is 6.61 Å². The minimum Gasteiger partial charge on any atom is -0.398 e. The lowest BCUT2D eigenvalue weighted by atomic mass is 10.0. The number of halogens is 1. The Balaban J connectivity index is 1.99. The molecular formula is C13H17BrN2O3. The van der Waals surface area contributed by atoms with Gasteiger partial charge in [-0.3, -0.25) is 4.79 Å². The summed E-state index contributed by atoms with van der Waals surface area (Å²) in [5.74, 6) is -0.149. The number of rotatable bonds is 4. The molecule has 0 aliphatic carbocycles. The molecule has 6 heteroatoms. The van der Waals surface area contributed by atoms with Crippen LogP contribution in [0.4, 0.5) is 5.69 Å². The van der Waals surface area contributed by atoms with Crippen molar-refractivity contribution in [3.63, 3.8) is 0 Å². The summed E-state index contributed by atoms with van der Waals surface area (Å²) in [6, 6.07) is 5.10. The Hall–Kier alpha value is -1.11. The highest BCUT2D eigenvalue weighted by atomic mass is 79.9. The molecule has 1 aliphatic rings. The zero-order valence-electron chi connectivity index (χ0n) is 10.7. The van der Waals surface area contributed by atoms with Gasteiger partial charge < -0.3 is 20.5 Å². The van der Waals surface area contributed by atoms with E-state index in [0.29, 0.717) is 35.5 Å². The lowest BCUT2D eigenvalue weighted by Crippen LogP contribution is -2.45. The molecule has 0 bridgehead atoms. The Bertz CT molecular complexity index is 473. The Morgan fingerprint density at radius 3 is 3.00 bits per heavy atom. The molecule has 1 amide bonds. The molecule has 104 valence electrons. The van der Waals surface area contributed by atoms with Gasteiger partial charge in [0.15, 0.2) is 0 Å². The van der Waals surface area contributed by atoms with Crippen LogP contribution >= 0.6 is 15.9 Å². The number of nitrogens with one attached hydrogen (secondary N) is 1. The molecule has 0 aromatic heterocycles. The summed E-state index contributed by atoms with van der Waals surface area (Å²) in [6.07, 6.45) is 0.787. The molecular weight excluding hydrogens is 312 g/mol. The Kier molecular flexibility index (Phi) is 4.44. The van der Waals surface area contributed by atoms with Crippen molar-refractivity contribution in [1.29, 1.82) is 0 Å². The summed E-state index contributed by atoms with van der Waals surface area (Å²) in [5.41, 5.74) is 6.45. The van der Waals surface area contributed by atoms with Crippen LogP contribution in [0.3, 0.4) is 0 Å². The quantitative estimate of drug-likeness (QED) is 0.823. The van der Waals surface area contributed by atoms with E-state index >= 15 is 0 Å². The van der Waals surface area contributed by atoms with Gasteiger partial charge in [-0.2, -0.15) is 0 Å². The van der Waals surface area contributed by atoms with Crippen LogP contribution in [-0.2, 0) is 9.47 Å². The van der Waals surface area contributed by atoms with E-state index in [2.05, 4.69) is 21.2 Å². The van der Waals surface area contributed by atoms with Gasteiger partial charge in [0.2, 0.25) is 0 Å². The van der Waals surface area contributed by atoms with Gasteiger partial charge in [-0.25, -0.2) is 0 Å². The van der Waals surface area contributed by atoms with Crippen LogP contribution in [0.25, 0.3) is 0 Å². The van der Waals surface area contributed by atoms with E-state index in [4.69, 9.17) is 15.2 Å². The fraction of sp³-hybridized carbons (Fsp3) is 0.462. The van der Waals surface area contributed by atoms with Crippen molar-refractivity contribution >= 4 is 27.5 Å². The first kappa shape index (κ1) is 14.3. The van der Waals surface area contributed by atoms with Crippen LogP contribution in [-0.4, -0.2) is 38.4 Å². The SMILES string of the molecule is COC1(CNC(=O)c2ccc(N)c(Br)c2)CCOC1. The van der Waals surface area contributed by atoms with E-state index in [-0.39, 0.29) is 5.91 Å². The Morgan fingerprint density at radius 2 is 2.42 bits per heavy atom. The molecule has 1 aromatic rings. The number of carbonyl (C=O) groups excluding carboxylic acids is 1. The summed E-state index contributed by atoms with van der Waals surface area (Å²) in [5, 5.41) is 2.87. The zero-order chi connectivity index (χ0) is 13.9. The summed E-state index contributed by atoms with van der Waals surface area (Å²) < 4.78 is 11.5. The third-order valence-electron chi connectivity index (χ3n) is 3.33. The summed E-state index contributed by atoms with van der Waals surface area (Å²) in [6.45, 7) is 1.61. The Morgan fingerprint density at radius 1 is 1.63 bits per heavy atom. The van der Waals surface area contributed by atoms with Crippen molar-refractivity contribution in [3.8, 4) is 0 Å². The number of nitrogens with two attached hydrogens (primary N) is 1. The largest absolute Gasteiger partial charge is 0.398 e. The highest BCUT2D eigenvalue weighted by molar-refractivity contribution is 9.10. The molecule has 2 rings (SSSR count).